The minimum absolute atomic E-state index is 0.0835. The zero-order valence-corrected chi connectivity index (χ0v) is 28.7. The van der Waals surface area contributed by atoms with Crippen LogP contribution in [0.4, 0.5) is 0 Å². The van der Waals surface area contributed by atoms with Crippen molar-refractivity contribution in [2.45, 2.75) is 110 Å². The van der Waals surface area contributed by atoms with E-state index >= 15 is 0 Å². The number of carbonyl (C=O) groups excluding carboxylic acids is 2. The summed E-state index contributed by atoms with van der Waals surface area (Å²) < 4.78 is 22.6. The maximum absolute atomic E-state index is 13.4. The first-order valence-electron chi connectivity index (χ1n) is 15.8. The van der Waals surface area contributed by atoms with Crippen LogP contribution in [0.2, 0.25) is 0 Å². The molecular weight excluding hydrogens is 584 g/mol. The van der Waals surface area contributed by atoms with Crippen molar-refractivity contribution in [2.75, 3.05) is 40.5 Å². The Kier molecular flexibility index (Phi) is 13.5. The van der Waals surface area contributed by atoms with Gasteiger partial charge in [0.25, 0.3) is 0 Å². The Hall–Kier alpha value is -1.73. The monoisotopic (exact) mass is 638 g/mol. The molecule has 2 fully saturated rings. The molecule has 0 spiro atoms. The van der Waals surface area contributed by atoms with Crippen molar-refractivity contribution in [1.82, 2.24) is 9.88 Å². The smallest absolute Gasteiger partial charge is 0.309 e. The Morgan fingerprint density at radius 2 is 1.82 bits per heavy atom. The maximum atomic E-state index is 13.4. The van der Waals surface area contributed by atoms with Crippen molar-refractivity contribution in [1.29, 1.82) is 0 Å². The molecule has 2 saturated heterocycles. The lowest BCUT2D eigenvalue weighted by molar-refractivity contribution is -0.154. The summed E-state index contributed by atoms with van der Waals surface area (Å²) >= 11 is 1.58. The van der Waals surface area contributed by atoms with Gasteiger partial charge in [0.1, 0.15) is 16.9 Å². The average Bonchev–Trinajstić information content (AvgIpc) is 3.39. The van der Waals surface area contributed by atoms with Gasteiger partial charge < -0.3 is 29.2 Å². The van der Waals surface area contributed by atoms with E-state index in [1.807, 2.05) is 25.3 Å². The number of methoxy groups -OCH3 is 2. The molecule has 0 radical (unpaired) electrons. The Balaban J connectivity index is 1.80. The first-order valence-corrected chi connectivity index (χ1v) is 16.7. The molecule has 0 saturated carbocycles. The van der Waals surface area contributed by atoms with Gasteiger partial charge in [-0.05, 0) is 44.3 Å². The molecule has 2 aliphatic rings. The summed E-state index contributed by atoms with van der Waals surface area (Å²) in [4.78, 5) is 33.6. The highest BCUT2D eigenvalue weighted by molar-refractivity contribution is 7.09. The van der Waals surface area contributed by atoms with E-state index in [-0.39, 0.29) is 29.8 Å². The zero-order chi connectivity index (χ0) is 32.7. The van der Waals surface area contributed by atoms with Crippen molar-refractivity contribution in [3.05, 3.63) is 21.7 Å². The number of aromatic nitrogens is 1. The number of nitrogens with zero attached hydrogens (tertiary/aromatic N) is 2. The van der Waals surface area contributed by atoms with Gasteiger partial charge in [0.05, 0.1) is 61.2 Å². The molecule has 10 nitrogen and oxygen atoms in total. The summed E-state index contributed by atoms with van der Waals surface area (Å²) in [7, 11) is 3.38. The Bertz CT molecular complexity index is 1120. The van der Waals surface area contributed by atoms with Crippen LogP contribution in [-0.2, 0) is 35.1 Å². The van der Waals surface area contributed by atoms with Gasteiger partial charge in [0, 0.05) is 45.0 Å². The number of aliphatic hydroxyl groups is 2. The van der Waals surface area contributed by atoms with E-state index in [9.17, 15) is 19.8 Å². The summed E-state index contributed by atoms with van der Waals surface area (Å²) in [6.07, 6.45) is 1.75. The number of carbonyl (C=O) groups is 2. The third kappa shape index (κ3) is 9.88. The SMILES string of the molecule is COCCN(CCOC)Cc1nc(/C=C(\C)[C@@H]2C[C@@H]3O[C@]3(C)CCC[C@@H](C)[C@H](O)[C@@H](C)C(=O)C(C)(C)[C@@H](O)CC(=O)O2)cs1. The van der Waals surface area contributed by atoms with E-state index in [4.69, 9.17) is 23.9 Å². The van der Waals surface area contributed by atoms with Gasteiger partial charge in [-0.1, -0.05) is 34.1 Å². The van der Waals surface area contributed by atoms with Crippen LogP contribution in [0.25, 0.3) is 6.08 Å². The fourth-order valence-electron chi connectivity index (χ4n) is 5.99. The molecule has 2 aliphatic heterocycles. The summed E-state index contributed by atoms with van der Waals surface area (Å²) in [5, 5.41) is 24.9. The summed E-state index contributed by atoms with van der Waals surface area (Å²) in [6.45, 7) is 14.4. The quantitative estimate of drug-likeness (QED) is 0.283. The minimum Gasteiger partial charge on any atom is -0.458 e. The third-order valence-electron chi connectivity index (χ3n) is 9.44. The molecule has 250 valence electrons. The number of aliphatic hydroxyl groups excluding tert-OH is 2. The van der Waals surface area contributed by atoms with Gasteiger partial charge in [-0.25, -0.2) is 4.98 Å². The fraction of sp³-hybridized carbons (Fsp3) is 0.788. The summed E-state index contributed by atoms with van der Waals surface area (Å²) in [5.74, 6) is -1.62. The molecule has 3 heterocycles. The maximum Gasteiger partial charge on any atom is 0.309 e. The number of esters is 1. The molecule has 0 amide bonds. The van der Waals surface area contributed by atoms with Gasteiger partial charge >= 0.3 is 5.97 Å². The highest BCUT2D eigenvalue weighted by Gasteiger charge is 2.53. The topological polar surface area (TPSA) is 131 Å². The molecule has 2 N–H and O–H groups in total. The van der Waals surface area contributed by atoms with Gasteiger partial charge in [-0.3, -0.25) is 14.5 Å². The van der Waals surface area contributed by atoms with Crippen molar-refractivity contribution in [3.8, 4) is 0 Å². The molecule has 0 aliphatic carbocycles. The van der Waals surface area contributed by atoms with Crippen LogP contribution in [0.15, 0.2) is 11.0 Å². The van der Waals surface area contributed by atoms with Gasteiger partial charge in [0.15, 0.2) is 0 Å². The van der Waals surface area contributed by atoms with Crippen LogP contribution in [0, 0.1) is 17.3 Å². The average molecular weight is 639 g/mol. The van der Waals surface area contributed by atoms with Crippen molar-refractivity contribution in [2.24, 2.45) is 17.3 Å². The Labute approximate surface area is 267 Å². The van der Waals surface area contributed by atoms with Gasteiger partial charge in [-0.15, -0.1) is 11.3 Å². The normalized spacial score (nSPS) is 32.4. The van der Waals surface area contributed by atoms with Crippen molar-refractivity contribution >= 4 is 29.2 Å². The predicted molar refractivity (Wildman–Crippen MR) is 170 cm³/mol. The van der Waals surface area contributed by atoms with Crippen LogP contribution < -0.4 is 0 Å². The molecule has 0 unspecified atom stereocenters. The number of ether oxygens (including phenoxy) is 4. The van der Waals surface area contributed by atoms with E-state index in [0.717, 1.165) is 48.6 Å². The number of cyclic esters (lactones) is 1. The number of thiazole rings is 1. The van der Waals surface area contributed by atoms with Crippen LogP contribution >= 0.6 is 11.3 Å². The molecule has 1 aromatic rings. The summed E-state index contributed by atoms with van der Waals surface area (Å²) in [6, 6.07) is 0. The number of Topliss-reactive ketones (excluding diaryl/α,β-unsaturated/α-hetero) is 1. The van der Waals surface area contributed by atoms with Crippen LogP contribution in [0.1, 0.15) is 84.3 Å². The number of hydrogen-bond acceptors (Lipinski definition) is 11. The van der Waals surface area contributed by atoms with E-state index < -0.39 is 35.6 Å². The molecular formula is C33H54N2O8S. The number of ketones is 1. The lowest BCUT2D eigenvalue weighted by Crippen LogP contribution is -2.45. The highest BCUT2D eigenvalue weighted by Crippen LogP contribution is 2.45. The number of epoxide rings is 1. The predicted octanol–water partition coefficient (Wildman–Crippen LogP) is 4.26. The molecule has 0 aromatic carbocycles. The number of hydrogen-bond donors (Lipinski definition) is 2. The van der Waals surface area contributed by atoms with E-state index in [1.165, 1.54) is 0 Å². The Morgan fingerprint density at radius 1 is 1.16 bits per heavy atom. The largest absolute Gasteiger partial charge is 0.458 e. The first kappa shape index (κ1) is 36.7. The van der Waals surface area contributed by atoms with E-state index in [1.54, 1.807) is 46.3 Å². The highest BCUT2D eigenvalue weighted by atomic mass is 32.1. The van der Waals surface area contributed by atoms with Crippen molar-refractivity contribution in [3.63, 3.8) is 0 Å². The molecule has 3 rings (SSSR count). The van der Waals surface area contributed by atoms with E-state index in [0.29, 0.717) is 26.2 Å². The van der Waals surface area contributed by atoms with Crippen LogP contribution in [-0.4, -0.2) is 102 Å². The fourth-order valence-corrected chi connectivity index (χ4v) is 6.78. The van der Waals surface area contributed by atoms with E-state index in [2.05, 4.69) is 11.8 Å². The summed E-state index contributed by atoms with van der Waals surface area (Å²) in [5.41, 5.74) is 0.0561. The Morgan fingerprint density at radius 3 is 2.45 bits per heavy atom. The van der Waals surface area contributed by atoms with Crippen molar-refractivity contribution < 1.29 is 38.7 Å². The molecule has 11 heteroatoms. The molecule has 7 atom stereocenters. The molecule has 0 bridgehead atoms. The second-order valence-corrected chi connectivity index (χ2v) is 14.3. The first-order chi connectivity index (χ1) is 20.7. The second-order valence-electron chi connectivity index (χ2n) is 13.4. The third-order valence-corrected chi connectivity index (χ3v) is 10.3. The lowest BCUT2D eigenvalue weighted by Gasteiger charge is -2.34. The lowest BCUT2D eigenvalue weighted by atomic mass is 9.73. The second kappa shape index (κ2) is 16.2. The van der Waals surface area contributed by atoms with Crippen LogP contribution in [0.3, 0.4) is 0 Å². The standard InChI is InChI=1S/C33H54N2O8S/c1-21-10-9-11-33(6)27(43-33)17-25(42-29(37)18-26(36)32(4,5)31(39)23(3)30(21)38)22(2)16-24-20-44-28(34-24)19-35(12-14-40-7)13-15-41-8/h16,20-21,23,25-27,30,36,38H,9-15,17-19H2,1-8H3/b22-16+/t21-,23-,25+,26+,27+,30+,33-/m1/s1. The zero-order valence-electron chi connectivity index (χ0n) is 27.8. The van der Waals surface area contributed by atoms with Crippen LogP contribution in [0.5, 0.6) is 0 Å². The number of fused-ring (bicyclic) bond motifs is 1. The molecule has 44 heavy (non-hydrogen) atoms. The molecule has 1 aromatic heterocycles. The van der Waals surface area contributed by atoms with Gasteiger partial charge in [-0.2, -0.15) is 0 Å². The number of rotatable bonds is 10. The van der Waals surface area contributed by atoms with Gasteiger partial charge in [0.2, 0.25) is 0 Å². The minimum atomic E-state index is -1.26.